The third-order valence-electron chi connectivity index (χ3n) is 3.70. The van der Waals surface area contributed by atoms with Gasteiger partial charge in [0.2, 0.25) is 0 Å². The highest BCUT2D eigenvalue weighted by Crippen LogP contribution is 2.24. The molecule has 6 heteroatoms. The summed E-state index contributed by atoms with van der Waals surface area (Å²) < 4.78 is 11.0. The van der Waals surface area contributed by atoms with E-state index in [0.717, 1.165) is 10.9 Å². The minimum atomic E-state index is -0.720. The summed E-state index contributed by atoms with van der Waals surface area (Å²) >= 11 is 0. The normalized spacial score (nSPS) is 10.4. The Labute approximate surface area is 138 Å². The van der Waals surface area contributed by atoms with Gasteiger partial charge in [-0.2, -0.15) is 0 Å². The van der Waals surface area contributed by atoms with Crippen molar-refractivity contribution in [3.63, 3.8) is 0 Å². The Hall–Kier alpha value is -3.28. The highest BCUT2D eigenvalue weighted by molar-refractivity contribution is 5.87. The number of rotatable bonds is 3. The molecule has 24 heavy (non-hydrogen) atoms. The van der Waals surface area contributed by atoms with Crippen molar-refractivity contribution in [1.29, 1.82) is 0 Å². The molecule has 1 aromatic heterocycles. The van der Waals surface area contributed by atoms with Gasteiger partial charge in [-0.25, -0.2) is 14.9 Å². The fraction of sp³-hybridized carbons (Fsp3) is 0.111. The van der Waals surface area contributed by atoms with Crippen LogP contribution in [0.4, 0.5) is 4.79 Å². The topological polar surface area (TPSA) is 69.6 Å². The molecule has 0 radical (unpaired) electrons. The standard InChI is InChI=1S/C18H16N2O4/c1-23-14-9-7-12(8-10-14)16-11-13-5-3-4-6-15(13)17(21)20(16)19-18(22)24-2/h3-11H,1-2H3,(H,19,22). The van der Waals surface area contributed by atoms with Crippen molar-refractivity contribution < 1.29 is 14.3 Å². The third-order valence-corrected chi connectivity index (χ3v) is 3.70. The largest absolute Gasteiger partial charge is 0.497 e. The van der Waals surface area contributed by atoms with Crippen LogP contribution in [0.5, 0.6) is 5.75 Å². The van der Waals surface area contributed by atoms with Crippen molar-refractivity contribution in [3.05, 3.63) is 65.0 Å². The number of aromatic nitrogens is 1. The van der Waals surface area contributed by atoms with Crippen LogP contribution >= 0.6 is 0 Å². The summed E-state index contributed by atoms with van der Waals surface area (Å²) in [5, 5.41) is 1.29. The molecule has 3 rings (SSSR count). The summed E-state index contributed by atoms with van der Waals surface area (Å²) in [6, 6.07) is 16.3. The molecule has 1 amide bonds. The Morgan fingerprint density at radius 1 is 1.04 bits per heavy atom. The Bertz CT molecular complexity index is 945. The van der Waals surface area contributed by atoms with Gasteiger partial charge in [0.25, 0.3) is 5.56 Å². The van der Waals surface area contributed by atoms with Gasteiger partial charge in [0.1, 0.15) is 5.75 Å². The average molecular weight is 324 g/mol. The molecule has 0 saturated heterocycles. The summed E-state index contributed by atoms with van der Waals surface area (Å²) in [6.45, 7) is 0. The number of methoxy groups -OCH3 is 2. The third kappa shape index (κ3) is 2.81. The first-order valence-electron chi connectivity index (χ1n) is 7.28. The summed E-state index contributed by atoms with van der Waals surface area (Å²) in [5.41, 5.74) is 3.44. The molecule has 0 aliphatic rings. The number of nitrogens with zero attached hydrogens (tertiary/aromatic N) is 1. The maximum absolute atomic E-state index is 12.8. The first-order valence-corrected chi connectivity index (χ1v) is 7.28. The van der Waals surface area contributed by atoms with E-state index >= 15 is 0 Å². The van der Waals surface area contributed by atoms with Gasteiger partial charge in [-0.05, 0) is 41.8 Å². The molecule has 0 bridgehead atoms. The number of carbonyl (C=O) groups is 1. The van der Waals surface area contributed by atoms with Crippen molar-refractivity contribution in [2.24, 2.45) is 0 Å². The van der Waals surface area contributed by atoms with Crippen molar-refractivity contribution in [2.75, 3.05) is 19.6 Å². The number of hydrogen-bond acceptors (Lipinski definition) is 4. The summed E-state index contributed by atoms with van der Waals surface area (Å²) in [5.74, 6) is 0.703. The summed E-state index contributed by atoms with van der Waals surface area (Å²) in [7, 11) is 2.83. The smallest absolute Gasteiger partial charge is 0.426 e. The van der Waals surface area contributed by atoms with Gasteiger partial charge >= 0.3 is 6.09 Å². The van der Waals surface area contributed by atoms with Gasteiger partial charge in [-0.3, -0.25) is 4.79 Å². The fourth-order valence-electron chi connectivity index (χ4n) is 2.48. The minimum Gasteiger partial charge on any atom is -0.497 e. The van der Waals surface area contributed by atoms with Gasteiger partial charge in [0.15, 0.2) is 0 Å². The lowest BCUT2D eigenvalue weighted by molar-refractivity contribution is 0.183. The van der Waals surface area contributed by atoms with E-state index in [1.165, 1.54) is 11.8 Å². The zero-order valence-corrected chi connectivity index (χ0v) is 13.3. The molecule has 0 spiro atoms. The molecule has 122 valence electrons. The molecule has 0 aliphatic heterocycles. The number of ether oxygens (including phenoxy) is 2. The van der Waals surface area contributed by atoms with Crippen LogP contribution in [0.2, 0.25) is 0 Å². The molecule has 2 aromatic carbocycles. The van der Waals surface area contributed by atoms with Crippen molar-refractivity contribution in [1.82, 2.24) is 4.68 Å². The van der Waals surface area contributed by atoms with Crippen LogP contribution in [0.1, 0.15) is 0 Å². The summed E-state index contributed by atoms with van der Waals surface area (Å²) in [4.78, 5) is 24.4. The summed E-state index contributed by atoms with van der Waals surface area (Å²) in [6.07, 6.45) is -0.720. The molecule has 6 nitrogen and oxygen atoms in total. The molecule has 0 unspecified atom stereocenters. The Morgan fingerprint density at radius 2 is 1.75 bits per heavy atom. The van der Waals surface area contributed by atoms with Crippen LogP contribution in [-0.2, 0) is 4.74 Å². The Kier molecular flexibility index (Phi) is 4.20. The van der Waals surface area contributed by atoms with Crippen LogP contribution in [0.3, 0.4) is 0 Å². The number of hydrogen-bond donors (Lipinski definition) is 1. The molecule has 0 atom stereocenters. The number of carbonyl (C=O) groups excluding carboxylic acids is 1. The molecule has 0 fully saturated rings. The minimum absolute atomic E-state index is 0.329. The lowest BCUT2D eigenvalue weighted by atomic mass is 10.1. The van der Waals surface area contributed by atoms with Crippen LogP contribution in [-0.4, -0.2) is 25.0 Å². The molecule has 0 saturated carbocycles. The zero-order chi connectivity index (χ0) is 17.1. The second kappa shape index (κ2) is 6.45. The molecule has 0 aliphatic carbocycles. The van der Waals surface area contributed by atoms with Crippen molar-refractivity contribution in [3.8, 4) is 17.0 Å². The number of benzene rings is 2. The van der Waals surface area contributed by atoms with Gasteiger partial charge < -0.3 is 9.47 Å². The number of pyridine rings is 1. The van der Waals surface area contributed by atoms with Crippen LogP contribution in [0.15, 0.2) is 59.4 Å². The van der Waals surface area contributed by atoms with Crippen LogP contribution in [0, 0.1) is 0 Å². The molecule has 3 aromatic rings. The van der Waals surface area contributed by atoms with E-state index in [4.69, 9.17) is 4.74 Å². The van der Waals surface area contributed by atoms with E-state index in [1.54, 1.807) is 31.4 Å². The average Bonchev–Trinajstić information content (AvgIpc) is 2.64. The predicted molar refractivity (Wildman–Crippen MR) is 92.0 cm³/mol. The quantitative estimate of drug-likeness (QED) is 0.804. The van der Waals surface area contributed by atoms with Gasteiger partial charge in [-0.15, -0.1) is 0 Å². The fourth-order valence-corrected chi connectivity index (χ4v) is 2.48. The predicted octanol–water partition coefficient (Wildman–Crippen LogP) is 2.99. The van der Waals surface area contributed by atoms with E-state index in [0.29, 0.717) is 16.8 Å². The highest BCUT2D eigenvalue weighted by Gasteiger charge is 2.13. The van der Waals surface area contributed by atoms with Crippen LogP contribution in [0.25, 0.3) is 22.0 Å². The Balaban J connectivity index is 2.24. The molecule has 1 N–H and O–H groups in total. The first kappa shape index (κ1) is 15.6. The number of amides is 1. The van der Waals surface area contributed by atoms with E-state index < -0.39 is 6.09 Å². The van der Waals surface area contributed by atoms with E-state index in [9.17, 15) is 9.59 Å². The SMILES string of the molecule is COC(=O)Nn1c(-c2ccc(OC)cc2)cc2ccccc2c1=O. The molecule has 1 heterocycles. The monoisotopic (exact) mass is 324 g/mol. The lowest BCUT2D eigenvalue weighted by Gasteiger charge is -2.15. The van der Waals surface area contributed by atoms with E-state index in [1.807, 2.05) is 30.3 Å². The van der Waals surface area contributed by atoms with Gasteiger partial charge in [0.05, 0.1) is 19.9 Å². The Morgan fingerprint density at radius 3 is 2.42 bits per heavy atom. The number of fused-ring (bicyclic) bond motifs is 1. The second-order valence-electron chi connectivity index (χ2n) is 5.09. The van der Waals surface area contributed by atoms with Crippen LogP contribution < -0.4 is 15.7 Å². The van der Waals surface area contributed by atoms with Crippen molar-refractivity contribution in [2.45, 2.75) is 0 Å². The van der Waals surface area contributed by atoms with Gasteiger partial charge in [0, 0.05) is 10.9 Å². The molecular weight excluding hydrogens is 308 g/mol. The molecular formula is C18H16N2O4. The highest BCUT2D eigenvalue weighted by atomic mass is 16.5. The number of nitrogens with one attached hydrogen (secondary N) is 1. The second-order valence-corrected chi connectivity index (χ2v) is 5.09. The van der Waals surface area contributed by atoms with E-state index in [2.05, 4.69) is 10.2 Å². The maximum atomic E-state index is 12.8. The first-order chi connectivity index (χ1) is 11.6. The van der Waals surface area contributed by atoms with Crippen molar-refractivity contribution >= 4 is 16.9 Å². The maximum Gasteiger partial charge on any atom is 0.426 e. The lowest BCUT2D eigenvalue weighted by Crippen LogP contribution is -2.34. The zero-order valence-electron chi connectivity index (χ0n) is 13.3. The van der Waals surface area contributed by atoms with E-state index in [-0.39, 0.29) is 5.56 Å². The van der Waals surface area contributed by atoms with Gasteiger partial charge in [-0.1, -0.05) is 18.2 Å².